The predicted molar refractivity (Wildman–Crippen MR) is 84.1 cm³/mol. The first kappa shape index (κ1) is 14.7. The smallest absolute Gasteiger partial charge is 0.0459 e. The Morgan fingerprint density at radius 1 is 1.26 bits per heavy atom. The molecule has 3 heteroatoms. The summed E-state index contributed by atoms with van der Waals surface area (Å²) < 4.78 is 0. The van der Waals surface area contributed by atoms with Crippen LogP contribution in [0.2, 0.25) is 5.02 Å². The average molecular weight is 281 g/mol. The second-order valence-corrected chi connectivity index (χ2v) is 6.07. The highest BCUT2D eigenvalue weighted by Crippen LogP contribution is 2.30. The third kappa shape index (κ3) is 3.87. The maximum absolute atomic E-state index is 6.31. The van der Waals surface area contributed by atoms with Crippen molar-refractivity contribution in [2.75, 3.05) is 25.0 Å². The molecule has 1 fully saturated rings. The second kappa shape index (κ2) is 7.16. The van der Waals surface area contributed by atoms with Crippen LogP contribution in [0.3, 0.4) is 0 Å². The van der Waals surface area contributed by atoms with Gasteiger partial charge in [0.05, 0.1) is 0 Å². The van der Waals surface area contributed by atoms with Crippen LogP contribution in [0.1, 0.15) is 37.7 Å². The highest BCUT2D eigenvalue weighted by Gasteiger charge is 2.17. The van der Waals surface area contributed by atoms with E-state index in [9.17, 15) is 0 Å². The van der Waals surface area contributed by atoms with Crippen molar-refractivity contribution in [3.05, 3.63) is 28.8 Å². The van der Waals surface area contributed by atoms with Crippen LogP contribution in [0.4, 0.5) is 5.69 Å². The summed E-state index contributed by atoms with van der Waals surface area (Å²) in [6, 6.07) is 6.17. The van der Waals surface area contributed by atoms with Gasteiger partial charge in [0.2, 0.25) is 0 Å². The second-order valence-electron chi connectivity index (χ2n) is 5.66. The van der Waals surface area contributed by atoms with Gasteiger partial charge in [0.1, 0.15) is 0 Å². The number of nitrogens with zero attached hydrogens (tertiary/aromatic N) is 1. The number of rotatable bonds is 5. The fourth-order valence-corrected chi connectivity index (χ4v) is 3.42. The minimum absolute atomic E-state index is 0.647. The average Bonchev–Trinajstić information content (AvgIpc) is 2.42. The van der Waals surface area contributed by atoms with Crippen molar-refractivity contribution >= 4 is 17.3 Å². The molecule has 2 rings (SSSR count). The molecule has 1 aromatic rings. The molecule has 106 valence electrons. The molecule has 1 saturated carbocycles. The molecular weight excluding hydrogens is 256 g/mol. The Labute approximate surface area is 121 Å². The summed E-state index contributed by atoms with van der Waals surface area (Å²) in [4.78, 5) is 2.37. The van der Waals surface area contributed by atoms with Gasteiger partial charge < -0.3 is 10.6 Å². The van der Waals surface area contributed by atoms with Gasteiger partial charge in [-0.2, -0.15) is 0 Å². The molecule has 0 aliphatic heterocycles. The summed E-state index contributed by atoms with van der Waals surface area (Å²) in [5.74, 6) is 0.837. The maximum Gasteiger partial charge on any atom is 0.0459 e. The SMILES string of the molecule is CN(CC1CCCCC1)c1cccc(Cl)c1CCN. The van der Waals surface area contributed by atoms with E-state index in [0.29, 0.717) is 6.54 Å². The highest BCUT2D eigenvalue weighted by atomic mass is 35.5. The Morgan fingerprint density at radius 2 is 2.00 bits per heavy atom. The Hall–Kier alpha value is -0.730. The van der Waals surface area contributed by atoms with Crippen molar-refractivity contribution in [2.24, 2.45) is 11.7 Å². The molecule has 0 radical (unpaired) electrons. The van der Waals surface area contributed by atoms with Crippen molar-refractivity contribution in [2.45, 2.75) is 38.5 Å². The van der Waals surface area contributed by atoms with Gasteiger partial charge in [-0.05, 0) is 49.4 Å². The zero-order chi connectivity index (χ0) is 13.7. The number of hydrogen-bond donors (Lipinski definition) is 1. The Morgan fingerprint density at radius 3 is 2.68 bits per heavy atom. The number of hydrogen-bond acceptors (Lipinski definition) is 2. The van der Waals surface area contributed by atoms with Crippen LogP contribution in [0, 0.1) is 5.92 Å². The molecule has 0 spiro atoms. The van der Waals surface area contributed by atoms with Crippen LogP contribution >= 0.6 is 11.6 Å². The number of anilines is 1. The van der Waals surface area contributed by atoms with Gasteiger partial charge in [-0.15, -0.1) is 0 Å². The molecular formula is C16H25ClN2. The first-order chi connectivity index (χ1) is 9.22. The lowest BCUT2D eigenvalue weighted by Gasteiger charge is -2.30. The Balaban J connectivity index is 2.08. The zero-order valence-electron chi connectivity index (χ0n) is 11.9. The van der Waals surface area contributed by atoms with Crippen LogP contribution in [-0.4, -0.2) is 20.1 Å². The molecule has 1 aromatic carbocycles. The van der Waals surface area contributed by atoms with E-state index in [1.807, 2.05) is 12.1 Å². The summed E-state index contributed by atoms with van der Waals surface area (Å²) in [5, 5.41) is 0.846. The molecule has 2 nitrogen and oxygen atoms in total. The first-order valence-corrected chi connectivity index (χ1v) is 7.78. The monoisotopic (exact) mass is 280 g/mol. The normalized spacial score (nSPS) is 16.6. The molecule has 0 saturated heterocycles. The van der Waals surface area contributed by atoms with Crippen LogP contribution in [-0.2, 0) is 6.42 Å². The minimum Gasteiger partial charge on any atom is -0.374 e. The predicted octanol–water partition coefficient (Wildman–Crippen LogP) is 3.86. The molecule has 1 aliphatic carbocycles. The van der Waals surface area contributed by atoms with Gasteiger partial charge >= 0.3 is 0 Å². The van der Waals surface area contributed by atoms with E-state index >= 15 is 0 Å². The van der Waals surface area contributed by atoms with Crippen molar-refractivity contribution in [3.63, 3.8) is 0 Å². The van der Waals surface area contributed by atoms with E-state index < -0.39 is 0 Å². The largest absolute Gasteiger partial charge is 0.374 e. The van der Waals surface area contributed by atoms with E-state index in [1.165, 1.54) is 43.4 Å². The van der Waals surface area contributed by atoms with Gasteiger partial charge in [-0.3, -0.25) is 0 Å². The molecule has 0 heterocycles. The molecule has 0 unspecified atom stereocenters. The number of nitrogens with two attached hydrogens (primary N) is 1. The number of benzene rings is 1. The van der Waals surface area contributed by atoms with E-state index in [2.05, 4.69) is 18.0 Å². The molecule has 19 heavy (non-hydrogen) atoms. The first-order valence-electron chi connectivity index (χ1n) is 7.41. The zero-order valence-corrected chi connectivity index (χ0v) is 12.6. The Kier molecular flexibility index (Phi) is 5.53. The summed E-state index contributed by atoms with van der Waals surface area (Å²) in [6.45, 7) is 1.78. The molecule has 2 N–H and O–H groups in total. The fourth-order valence-electron chi connectivity index (χ4n) is 3.15. The lowest BCUT2D eigenvalue weighted by Crippen LogP contribution is -2.28. The quantitative estimate of drug-likeness (QED) is 0.887. The van der Waals surface area contributed by atoms with Crippen LogP contribution in [0.15, 0.2) is 18.2 Å². The Bertz CT molecular complexity index is 400. The highest BCUT2D eigenvalue weighted by molar-refractivity contribution is 6.31. The third-order valence-corrected chi connectivity index (χ3v) is 4.51. The van der Waals surface area contributed by atoms with Crippen molar-refractivity contribution in [1.29, 1.82) is 0 Å². The lowest BCUT2D eigenvalue weighted by atomic mass is 9.89. The third-order valence-electron chi connectivity index (χ3n) is 4.16. The molecule has 0 amide bonds. The van der Waals surface area contributed by atoms with Gasteiger partial charge in [0.25, 0.3) is 0 Å². The van der Waals surface area contributed by atoms with Gasteiger partial charge in [-0.1, -0.05) is 36.9 Å². The molecule has 1 aliphatic rings. The molecule has 0 bridgehead atoms. The summed E-state index contributed by atoms with van der Waals surface area (Å²) >= 11 is 6.31. The van der Waals surface area contributed by atoms with E-state index in [-0.39, 0.29) is 0 Å². The van der Waals surface area contributed by atoms with E-state index in [4.69, 9.17) is 17.3 Å². The van der Waals surface area contributed by atoms with Gasteiger partial charge in [0.15, 0.2) is 0 Å². The number of halogens is 1. The lowest BCUT2D eigenvalue weighted by molar-refractivity contribution is 0.362. The molecule has 0 aromatic heterocycles. The van der Waals surface area contributed by atoms with Crippen molar-refractivity contribution in [1.82, 2.24) is 0 Å². The van der Waals surface area contributed by atoms with E-state index in [0.717, 1.165) is 23.9 Å². The topological polar surface area (TPSA) is 29.3 Å². The van der Waals surface area contributed by atoms with Crippen LogP contribution < -0.4 is 10.6 Å². The van der Waals surface area contributed by atoms with Crippen molar-refractivity contribution in [3.8, 4) is 0 Å². The standard InChI is InChI=1S/C16H25ClN2/c1-19(12-13-6-3-2-4-7-13)16-9-5-8-15(17)14(16)10-11-18/h5,8-9,13H,2-4,6-7,10-12,18H2,1H3. The fraction of sp³-hybridized carbons (Fsp3) is 0.625. The van der Waals surface area contributed by atoms with E-state index in [1.54, 1.807) is 0 Å². The summed E-state index contributed by atoms with van der Waals surface area (Å²) in [6.07, 6.45) is 7.79. The molecule has 0 atom stereocenters. The van der Waals surface area contributed by atoms with Gasteiger partial charge in [0, 0.05) is 24.3 Å². The van der Waals surface area contributed by atoms with Crippen molar-refractivity contribution < 1.29 is 0 Å². The maximum atomic E-state index is 6.31. The minimum atomic E-state index is 0.647. The summed E-state index contributed by atoms with van der Waals surface area (Å²) in [5.41, 5.74) is 8.16. The van der Waals surface area contributed by atoms with Crippen LogP contribution in [0.25, 0.3) is 0 Å². The summed E-state index contributed by atoms with van der Waals surface area (Å²) in [7, 11) is 2.18. The van der Waals surface area contributed by atoms with Gasteiger partial charge in [-0.25, -0.2) is 0 Å². The van der Waals surface area contributed by atoms with Crippen LogP contribution in [0.5, 0.6) is 0 Å².